The average Bonchev–Trinajstić information content (AvgIpc) is 2.65. The molecule has 1 atom stereocenters. The van der Waals surface area contributed by atoms with E-state index in [1.165, 1.54) is 29.2 Å². The highest BCUT2D eigenvalue weighted by molar-refractivity contribution is 6.11. The van der Waals surface area contributed by atoms with E-state index in [0.717, 1.165) is 0 Å². The number of benzene rings is 2. The van der Waals surface area contributed by atoms with Crippen molar-refractivity contribution in [1.29, 1.82) is 0 Å². The van der Waals surface area contributed by atoms with Gasteiger partial charge in [0.2, 0.25) is 5.91 Å². The minimum atomic E-state index is -0.836. The summed E-state index contributed by atoms with van der Waals surface area (Å²) in [4.78, 5) is 26.0. The Morgan fingerprint density at radius 2 is 1.83 bits per heavy atom. The third-order valence-corrected chi connectivity index (χ3v) is 3.51. The van der Waals surface area contributed by atoms with E-state index in [9.17, 15) is 14.0 Å². The van der Waals surface area contributed by atoms with Crippen LogP contribution in [0.5, 0.6) is 0 Å². The van der Waals surface area contributed by atoms with E-state index in [1.807, 2.05) is 0 Å². The monoisotopic (exact) mass is 335 g/mol. The van der Waals surface area contributed by atoms with Crippen LogP contribution < -0.4 is 16.0 Å². The van der Waals surface area contributed by atoms with Gasteiger partial charge in [0.25, 0.3) is 5.91 Å². The first kappa shape index (κ1) is 16.9. The third-order valence-electron chi connectivity index (χ3n) is 3.51. The predicted molar refractivity (Wildman–Crippen MR) is 88.4 cm³/mol. The van der Waals surface area contributed by atoms with Gasteiger partial charge in [-0.2, -0.15) is 0 Å². The number of nitrogens with one attached hydrogen (secondary N) is 1. The van der Waals surface area contributed by atoms with Crippen molar-refractivity contribution in [3.05, 3.63) is 59.9 Å². The number of amides is 2. The fraction of sp³-hybridized carbons (Fsp3) is 0.125. The molecule has 0 unspecified atom stereocenters. The summed E-state index contributed by atoms with van der Waals surface area (Å²) in [5.41, 5.74) is 7.25. The Hall–Kier alpha value is -2.44. The minimum Gasteiger partial charge on any atom is -0.323 e. The first-order valence-electron chi connectivity index (χ1n) is 6.79. The van der Waals surface area contributed by atoms with E-state index in [2.05, 4.69) is 5.32 Å². The molecule has 5 nitrogen and oxygen atoms in total. The maximum atomic E-state index is 13.0. The zero-order chi connectivity index (χ0) is 15.7. The van der Waals surface area contributed by atoms with Gasteiger partial charge in [-0.1, -0.05) is 12.1 Å². The van der Waals surface area contributed by atoms with E-state index in [1.54, 1.807) is 24.3 Å². The van der Waals surface area contributed by atoms with Crippen molar-refractivity contribution < 1.29 is 14.0 Å². The van der Waals surface area contributed by atoms with Crippen LogP contribution in [-0.4, -0.2) is 24.4 Å². The molecule has 0 bridgehead atoms. The van der Waals surface area contributed by atoms with Gasteiger partial charge in [-0.3, -0.25) is 9.59 Å². The summed E-state index contributed by atoms with van der Waals surface area (Å²) in [5.74, 6) is -1.09. The molecule has 1 aliphatic heterocycles. The van der Waals surface area contributed by atoms with Crippen molar-refractivity contribution in [2.45, 2.75) is 6.04 Å². The van der Waals surface area contributed by atoms with Crippen LogP contribution >= 0.6 is 12.4 Å². The highest BCUT2D eigenvalue weighted by atomic mass is 35.5. The molecule has 0 fully saturated rings. The van der Waals surface area contributed by atoms with Gasteiger partial charge in [0.05, 0.1) is 17.9 Å². The summed E-state index contributed by atoms with van der Waals surface area (Å²) in [6, 6.07) is 11.4. The fourth-order valence-corrected chi connectivity index (χ4v) is 2.36. The average molecular weight is 336 g/mol. The van der Waals surface area contributed by atoms with Crippen molar-refractivity contribution in [3.63, 3.8) is 0 Å². The molecule has 0 aromatic heterocycles. The summed E-state index contributed by atoms with van der Waals surface area (Å²) in [5, 5.41) is 2.70. The molecule has 7 heteroatoms. The summed E-state index contributed by atoms with van der Waals surface area (Å²) in [6.45, 7) is 0.0546. The molecule has 2 aromatic carbocycles. The largest absolute Gasteiger partial charge is 0.323 e. The lowest BCUT2D eigenvalue weighted by Crippen LogP contribution is -2.45. The summed E-state index contributed by atoms with van der Waals surface area (Å²) in [7, 11) is 0. The van der Waals surface area contributed by atoms with Crippen LogP contribution in [0.2, 0.25) is 0 Å². The Morgan fingerprint density at radius 3 is 2.52 bits per heavy atom. The van der Waals surface area contributed by atoms with Crippen LogP contribution in [0.3, 0.4) is 0 Å². The zero-order valence-electron chi connectivity index (χ0n) is 12.0. The molecule has 3 rings (SSSR count). The summed E-state index contributed by atoms with van der Waals surface area (Å²) < 4.78 is 13.0. The topological polar surface area (TPSA) is 75.4 Å². The van der Waals surface area contributed by atoms with Gasteiger partial charge in [0.1, 0.15) is 11.9 Å². The number of halogens is 2. The maximum Gasteiger partial charge on any atom is 0.258 e. The van der Waals surface area contributed by atoms with Gasteiger partial charge in [-0.25, -0.2) is 4.39 Å². The molecule has 0 spiro atoms. The Kier molecular flexibility index (Phi) is 4.98. The molecule has 0 radical (unpaired) electrons. The standard InChI is InChI=1S/C16H14FN3O2.ClH/c17-11-7-5-10(6-8-11)16(22)20-9-12(18)15(21)19-13-3-1-2-4-14(13)20;/h1-8,12H,9,18H2,(H,19,21);1H/t12-;/m0./s1. The zero-order valence-corrected chi connectivity index (χ0v) is 12.8. The second-order valence-electron chi connectivity index (χ2n) is 5.04. The minimum absolute atomic E-state index is 0. The van der Waals surface area contributed by atoms with Gasteiger partial charge in [0, 0.05) is 5.56 Å². The number of hydrogen-bond acceptors (Lipinski definition) is 3. The van der Waals surface area contributed by atoms with E-state index in [4.69, 9.17) is 5.73 Å². The van der Waals surface area contributed by atoms with Gasteiger partial charge in [0.15, 0.2) is 0 Å². The lowest BCUT2D eigenvalue weighted by molar-refractivity contribution is -0.117. The van der Waals surface area contributed by atoms with Crippen molar-refractivity contribution in [3.8, 4) is 0 Å². The smallest absolute Gasteiger partial charge is 0.258 e. The van der Waals surface area contributed by atoms with Crippen LogP contribution in [0.1, 0.15) is 10.4 Å². The lowest BCUT2D eigenvalue weighted by Gasteiger charge is -2.23. The molecule has 23 heavy (non-hydrogen) atoms. The quantitative estimate of drug-likeness (QED) is 0.838. The highest BCUT2D eigenvalue weighted by Crippen LogP contribution is 2.29. The Morgan fingerprint density at radius 1 is 1.17 bits per heavy atom. The van der Waals surface area contributed by atoms with Crippen LogP contribution in [-0.2, 0) is 4.79 Å². The normalized spacial score (nSPS) is 16.7. The number of nitrogens with two attached hydrogens (primary N) is 1. The first-order valence-corrected chi connectivity index (χ1v) is 6.79. The van der Waals surface area contributed by atoms with Crippen molar-refractivity contribution in [2.75, 3.05) is 16.8 Å². The predicted octanol–water partition coefficient (Wildman–Crippen LogP) is 2.17. The molecule has 0 saturated heterocycles. The van der Waals surface area contributed by atoms with E-state index in [-0.39, 0.29) is 30.8 Å². The summed E-state index contributed by atoms with van der Waals surface area (Å²) >= 11 is 0. The highest BCUT2D eigenvalue weighted by Gasteiger charge is 2.29. The second kappa shape index (κ2) is 6.76. The number of hydrogen-bond donors (Lipinski definition) is 2. The second-order valence-corrected chi connectivity index (χ2v) is 5.04. The number of fused-ring (bicyclic) bond motifs is 1. The third kappa shape index (κ3) is 3.33. The number of carbonyl (C=O) groups excluding carboxylic acids is 2. The van der Waals surface area contributed by atoms with E-state index < -0.39 is 11.9 Å². The number of nitrogens with zero attached hydrogens (tertiary/aromatic N) is 1. The number of rotatable bonds is 1. The molecule has 2 amide bonds. The van der Waals surface area contributed by atoms with Crippen molar-refractivity contribution in [1.82, 2.24) is 0 Å². The van der Waals surface area contributed by atoms with Crippen LogP contribution in [0, 0.1) is 5.82 Å². The Labute approximate surface area is 138 Å². The Bertz CT molecular complexity index is 736. The van der Waals surface area contributed by atoms with Crippen molar-refractivity contribution >= 4 is 35.6 Å². The molecule has 2 aromatic rings. The molecular formula is C16H15ClFN3O2. The first-order chi connectivity index (χ1) is 10.6. The molecule has 3 N–H and O–H groups in total. The van der Waals surface area contributed by atoms with Gasteiger partial charge in [-0.05, 0) is 36.4 Å². The molecule has 120 valence electrons. The van der Waals surface area contributed by atoms with Gasteiger partial charge in [-0.15, -0.1) is 12.4 Å². The Balaban J connectivity index is 0.00000192. The van der Waals surface area contributed by atoms with Crippen molar-refractivity contribution in [2.24, 2.45) is 5.73 Å². The van der Waals surface area contributed by atoms with Crippen LogP contribution in [0.25, 0.3) is 0 Å². The molecular weight excluding hydrogens is 321 g/mol. The SMILES string of the molecule is Cl.N[C@H]1CN(C(=O)c2ccc(F)cc2)c2ccccc2NC1=O. The van der Waals surface area contributed by atoms with E-state index >= 15 is 0 Å². The molecule has 0 saturated carbocycles. The van der Waals surface area contributed by atoms with Crippen LogP contribution in [0.4, 0.5) is 15.8 Å². The summed E-state index contributed by atoms with van der Waals surface area (Å²) in [6.07, 6.45) is 0. The molecule has 1 heterocycles. The number of carbonyl (C=O) groups is 2. The molecule has 0 aliphatic carbocycles. The van der Waals surface area contributed by atoms with Gasteiger partial charge >= 0.3 is 0 Å². The fourth-order valence-electron chi connectivity index (χ4n) is 2.36. The molecule has 1 aliphatic rings. The number of para-hydroxylation sites is 2. The van der Waals surface area contributed by atoms with Crippen LogP contribution in [0.15, 0.2) is 48.5 Å². The number of anilines is 2. The lowest BCUT2D eigenvalue weighted by atomic mass is 10.1. The van der Waals surface area contributed by atoms with E-state index in [0.29, 0.717) is 16.9 Å². The maximum absolute atomic E-state index is 13.0. The van der Waals surface area contributed by atoms with Gasteiger partial charge < -0.3 is 16.0 Å².